The predicted octanol–water partition coefficient (Wildman–Crippen LogP) is 1.73. The van der Waals surface area contributed by atoms with Gasteiger partial charge in [0.2, 0.25) is 11.8 Å². The van der Waals surface area contributed by atoms with Crippen LogP contribution in [0.25, 0.3) is 0 Å². The van der Waals surface area contributed by atoms with Crippen LogP contribution in [0.15, 0.2) is 46.8 Å². The molecular formula is C19H18N4O4S. The zero-order valence-electron chi connectivity index (χ0n) is 15.0. The third-order valence-electron chi connectivity index (χ3n) is 3.86. The van der Waals surface area contributed by atoms with Crippen LogP contribution >= 0.6 is 11.3 Å². The van der Waals surface area contributed by atoms with Gasteiger partial charge in [-0.1, -0.05) is 18.2 Å². The SMILES string of the molecule is COc1cccc(CNC(=O)Cc2csc(NC(=O)C3C=CC(=O)N=C3)n2)c1. The van der Waals surface area contributed by atoms with Gasteiger partial charge in [0.1, 0.15) is 5.75 Å². The molecule has 0 saturated heterocycles. The lowest BCUT2D eigenvalue weighted by molar-refractivity contribution is -0.120. The van der Waals surface area contributed by atoms with Crippen molar-refractivity contribution in [3.05, 3.63) is 53.1 Å². The van der Waals surface area contributed by atoms with E-state index in [1.165, 1.54) is 29.7 Å². The molecule has 1 aliphatic heterocycles. The number of carbonyl (C=O) groups excluding carboxylic acids is 3. The Kier molecular flexibility index (Phi) is 6.28. The first-order chi connectivity index (χ1) is 13.5. The van der Waals surface area contributed by atoms with Gasteiger partial charge in [-0.15, -0.1) is 11.3 Å². The zero-order valence-corrected chi connectivity index (χ0v) is 15.9. The highest BCUT2D eigenvalue weighted by Crippen LogP contribution is 2.17. The van der Waals surface area contributed by atoms with Crippen molar-refractivity contribution in [1.29, 1.82) is 0 Å². The number of ether oxygens (including phenoxy) is 1. The van der Waals surface area contributed by atoms with Crippen LogP contribution in [0.3, 0.4) is 0 Å². The Morgan fingerprint density at radius 2 is 2.18 bits per heavy atom. The van der Waals surface area contributed by atoms with Crippen LogP contribution in [0.4, 0.5) is 5.13 Å². The maximum absolute atomic E-state index is 12.1. The molecule has 9 heteroatoms. The Labute approximate surface area is 165 Å². The third kappa shape index (κ3) is 5.34. The van der Waals surface area contributed by atoms with Crippen molar-refractivity contribution in [3.8, 4) is 5.75 Å². The van der Waals surface area contributed by atoms with Crippen molar-refractivity contribution in [1.82, 2.24) is 10.3 Å². The number of methoxy groups -OCH3 is 1. The lowest BCUT2D eigenvalue weighted by atomic mass is 10.1. The summed E-state index contributed by atoms with van der Waals surface area (Å²) in [5, 5.41) is 7.59. The Bertz CT molecular complexity index is 935. The number of hydrogen-bond acceptors (Lipinski definition) is 6. The Morgan fingerprint density at radius 3 is 2.93 bits per heavy atom. The minimum Gasteiger partial charge on any atom is -0.497 e. The normalized spacial score (nSPS) is 15.3. The Balaban J connectivity index is 1.49. The average molecular weight is 398 g/mol. The lowest BCUT2D eigenvalue weighted by Gasteiger charge is -2.08. The summed E-state index contributed by atoms with van der Waals surface area (Å²) in [6.07, 6.45) is 4.13. The van der Waals surface area contributed by atoms with E-state index >= 15 is 0 Å². The van der Waals surface area contributed by atoms with Crippen LogP contribution in [-0.2, 0) is 27.3 Å². The number of thiazole rings is 1. The summed E-state index contributed by atoms with van der Waals surface area (Å²) < 4.78 is 5.16. The molecule has 0 fully saturated rings. The van der Waals surface area contributed by atoms with Crippen molar-refractivity contribution in [2.75, 3.05) is 12.4 Å². The van der Waals surface area contributed by atoms with Crippen molar-refractivity contribution in [2.24, 2.45) is 10.9 Å². The molecule has 0 aliphatic carbocycles. The molecular weight excluding hydrogens is 380 g/mol. The summed E-state index contributed by atoms with van der Waals surface area (Å²) in [7, 11) is 1.59. The summed E-state index contributed by atoms with van der Waals surface area (Å²) in [6, 6.07) is 7.45. The van der Waals surface area contributed by atoms with E-state index < -0.39 is 5.92 Å². The van der Waals surface area contributed by atoms with Crippen LogP contribution in [0.5, 0.6) is 5.75 Å². The summed E-state index contributed by atoms with van der Waals surface area (Å²) >= 11 is 1.23. The second kappa shape index (κ2) is 9.05. The fraction of sp³-hybridized carbons (Fsp3) is 0.211. The minimum absolute atomic E-state index is 0.107. The molecule has 3 rings (SSSR count). The van der Waals surface area contributed by atoms with Crippen LogP contribution in [0.2, 0.25) is 0 Å². The summed E-state index contributed by atoms with van der Waals surface area (Å²) in [5.41, 5.74) is 1.49. The molecule has 28 heavy (non-hydrogen) atoms. The van der Waals surface area contributed by atoms with Gasteiger partial charge in [-0.3, -0.25) is 14.4 Å². The van der Waals surface area contributed by atoms with E-state index in [1.54, 1.807) is 12.5 Å². The number of aromatic nitrogens is 1. The maximum atomic E-state index is 12.1. The van der Waals surface area contributed by atoms with Crippen LogP contribution in [-0.4, -0.2) is 36.0 Å². The molecule has 8 nitrogen and oxygen atoms in total. The molecule has 2 heterocycles. The number of nitrogens with zero attached hydrogens (tertiary/aromatic N) is 2. The fourth-order valence-electron chi connectivity index (χ4n) is 2.43. The first kappa shape index (κ1) is 19.4. The number of hydrogen-bond donors (Lipinski definition) is 2. The summed E-state index contributed by atoms with van der Waals surface area (Å²) in [6.45, 7) is 0.385. The van der Waals surface area contributed by atoms with Gasteiger partial charge < -0.3 is 15.4 Å². The van der Waals surface area contributed by atoms with E-state index in [4.69, 9.17) is 4.74 Å². The van der Waals surface area contributed by atoms with Gasteiger partial charge in [-0.25, -0.2) is 9.98 Å². The highest BCUT2D eigenvalue weighted by molar-refractivity contribution is 7.13. The number of dihydropyridines is 1. The number of rotatable bonds is 7. The highest BCUT2D eigenvalue weighted by atomic mass is 32.1. The fourth-order valence-corrected chi connectivity index (χ4v) is 3.15. The van der Waals surface area contributed by atoms with E-state index in [0.717, 1.165) is 11.3 Å². The van der Waals surface area contributed by atoms with Gasteiger partial charge >= 0.3 is 0 Å². The molecule has 3 amide bonds. The molecule has 1 atom stereocenters. The van der Waals surface area contributed by atoms with Crippen LogP contribution in [0, 0.1) is 5.92 Å². The van der Waals surface area contributed by atoms with E-state index in [2.05, 4.69) is 20.6 Å². The monoisotopic (exact) mass is 398 g/mol. The predicted molar refractivity (Wildman–Crippen MR) is 105 cm³/mol. The molecule has 144 valence electrons. The Morgan fingerprint density at radius 1 is 1.32 bits per heavy atom. The van der Waals surface area contributed by atoms with Gasteiger partial charge in [-0.2, -0.15) is 0 Å². The molecule has 0 saturated carbocycles. The number of nitrogens with one attached hydrogen (secondary N) is 2. The lowest BCUT2D eigenvalue weighted by Crippen LogP contribution is -2.25. The topological polar surface area (TPSA) is 110 Å². The second-order valence-electron chi connectivity index (χ2n) is 5.94. The largest absolute Gasteiger partial charge is 0.497 e. The smallest absolute Gasteiger partial charge is 0.269 e. The molecule has 0 bridgehead atoms. The van der Waals surface area contributed by atoms with Crippen LogP contribution < -0.4 is 15.4 Å². The first-order valence-corrected chi connectivity index (χ1v) is 9.32. The number of amides is 3. The number of aliphatic imine (C=N–C) groups is 1. The number of anilines is 1. The summed E-state index contributed by atoms with van der Waals surface area (Å²) in [5.74, 6) is -0.784. The molecule has 0 radical (unpaired) electrons. The van der Waals surface area contributed by atoms with Gasteiger partial charge in [0, 0.05) is 24.2 Å². The Hall–Kier alpha value is -3.33. The third-order valence-corrected chi connectivity index (χ3v) is 4.67. The molecule has 1 aromatic carbocycles. The minimum atomic E-state index is -0.615. The molecule has 0 spiro atoms. The van der Waals surface area contributed by atoms with Crippen molar-refractivity contribution >= 4 is 40.4 Å². The van der Waals surface area contributed by atoms with E-state index in [9.17, 15) is 14.4 Å². The van der Waals surface area contributed by atoms with Crippen molar-refractivity contribution in [3.63, 3.8) is 0 Å². The molecule has 2 N–H and O–H groups in total. The quantitative estimate of drug-likeness (QED) is 0.738. The average Bonchev–Trinajstić information content (AvgIpc) is 3.13. The van der Waals surface area contributed by atoms with Gasteiger partial charge in [0.05, 0.1) is 25.1 Å². The molecule has 1 unspecified atom stereocenters. The summed E-state index contributed by atoms with van der Waals surface area (Å²) in [4.78, 5) is 43.1. The standard InChI is InChI=1S/C19H18N4O4S/c1-27-15-4-2-3-12(7-15)9-20-17(25)8-14-11-28-19(22-14)23-18(26)13-5-6-16(24)21-10-13/h2-7,10-11,13H,8-9H2,1H3,(H,20,25)(H,22,23,26). The second-order valence-corrected chi connectivity index (χ2v) is 6.80. The maximum Gasteiger partial charge on any atom is 0.269 e. The van der Waals surface area contributed by atoms with Gasteiger partial charge in [-0.05, 0) is 17.7 Å². The van der Waals surface area contributed by atoms with Crippen LogP contribution in [0.1, 0.15) is 11.3 Å². The van der Waals surface area contributed by atoms with Crippen molar-refractivity contribution in [2.45, 2.75) is 13.0 Å². The van der Waals surface area contributed by atoms with E-state index in [-0.39, 0.29) is 24.1 Å². The molecule has 1 aliphatic rings. The highest BCUT2D eigenvalue weighted by Gasteiger charge is 2.18. The van der Waals surface area contributed by atoms with E-state index in [1.807, 2.05) is 24.3 Å². The van der Waals surface area contributed by atoms with Gasteiger partial charge in [0.25, 0.3) is 5.91 Å². The van der Waals surface area contributed by atoms with Crippen molar-refractivity contribution < 1.29 is 19.1 Å². The molecule has 1 aromatic heterocycles. The molecule has 2 aromatic rings. The zero-order chi connectivity index (χ0) is 19.9. The van der Waals surface area contributed by atoms with Gasteiger partial charge in [0.15, 0.2) is 5.13 Å². The number of carbonyl (C=O) groups is 3. The first-order valence-electron chi connectivity index (χ1n) is 8.45. The van der Waals surface area contributed by atoms with E-state index in [0.29, 0.717) is 17.4 Å². The number of benzene rings is 1.